The number of carbonyl (C=O) groups is 2. The second-order valence-corrected chi connectivity index (χ2v) is 8.60. The number of ether oxygens (including phenoxy) is 1. The van der Waals surface area contributed by atoms with Crippen LogP contribution in [0.3, 0.4) is 0 Å². The van der Waals surface area contributed by atoms with Gasteiger partial charge in [0.1, 0.15) is 11.6 Å². The molecule has 1 aromatic heterocycles. The van der Waals surface area contributed by atoms with Crippen molar-refractivity contribution >= 4 is 18.0 Å². The van der Waals surface area contributed by atoms with E-state index in [1.165, 1.54) is 0 Å². The van der Waals surface area contributed by atoms with Gasteiger partial charge in [-0.25, -0.2) is 4.79 Å². The maximum absolute atomic E-state index is 12.3. The number of esters is 1. The molecule has 0 atom stereocenters. The molecule has 0 spiro atoms. The summed E-state index contributed by atoms with van der Waals surface area (Å²) in [7, 11) is 0. The molecule has 1 heterocycles. The molecule has 1 fully saturated rings. The summed E-state index contributed by atoms with van der Waals surface area (Å²) in [5, 5.41) is 12.3. The minimum atomic E-state index is -0.770. The molecule has 0 aliphatic heterocycles. The van der Waals surface area contributed by atoms with Crippen LogP contribution in [0.2, 0.25) is 0 Å². The minimum absolute atomic E-state index is 0.103. The second-order valence-electron chi connectivity index (χ2n) is 8.60. The first-order valence-corrected chi connectivity index (χ1v) is 10.5. The fraction of sp³-hybridized carbons (Fsp3) is 0.609. The van der Waals surface area contributed by atoms with Crippen LogP contribution >= 0.6 is 0 Å². The number of nitrogens with zero attached hydrogens (tertiary/aromatic N) is 2. The van der Waals surface area contributed by atoms with Gasteiger partial charge in [-0.2, -0.15) is 5.26 Å². The van der Waals surface area contributed by atoms with Gasteiger partial charge in [0.15, 0.2) is 6.61 Å². The summed E-state index contributed by atoms with van der Waals surface area (Å²) < 4.78 is 7.26. The van der Waals surface area contributed by atoms with E-state index in [1.54, 1.807) is 6.08 Å². The molecule has 0 aromatic carbocycles. The van der Waals surface area contributed by atoms with Crippen LogP contribution in [-0.2, 0) is 20.9 Å². The molecular weight excluding hydrogens is 366 g/mol. The Balaban J connectivity index is 1.96. The average Bonchev–Trinajstić information content (AvgIpc) is 2.93. The summed E-state index contributed by atoms with van der Waals surface area (Å²) in [6.07, 6.45) is 5.65. The highest BCUT2D eigenvalue weighted by molar-refractivity contribution is 5.99. The molecule has 1 aliphatic carbocycles. The van der Waals surface area contributed by atoms with E-state index in [0.717, 1.165) is 49.2 Å². The van der Waals surface area contributed by atoms with Gasteiger partial charge >= 0.3 is 5.97 Å². The third kappa shape index (κ3) is 6.49. The number of nitriles is 1. The Bertz CT molecular complexity index is 806. The molecule has 1 saturated carbocycles. The van der Waals surface area contributed by atoms with Crippen molar-refractivity contribution in [1.82, 2.24) is 9.88 Å². The van der Waals surface area contributed by atoms with E-state index in [4.69, 9.17) is 4.74 Å². The summed E-state index contributed by atoms with van der Waals surface area (Å²) in [5.74, 6) is 0.105. The Morgan fingerprint density at radius 2 is 1.97 bits per heavy atom. The molecule has 0 unspecified atom stereocenters. The fourth-order valence-electron chi connectivity index (χ4n) is 3.79. The van der Waals surface area contributed by atoms with Crippen LogP contribution in [0.4, 0.5) is 0 Å². The molecule has 0 bridgehead atoms. The van der Waals surface area contributed by atoms with Crippen molar-refractivity contribution < 1.29 is 14.3 Å². The normalized spacial score (nSPS) is 19.7. The monoisotopic (exact) mass is 399 g/mol. The van der Waals surface area contributed by atoms with Crippen molar-refractivity contribution in [2.45, 2.75) is 72.9 Å². The van der Waals surface area contributed by atoms with Crippen LogP contribution in [0.15, 0.2) is 11.6 Å². The van der Waals surface area contributed by atoms with Crippen LogP contribution in [0.25, 0.3) is 6.08 Å². The van der Waals surface area contributed by atoms with Crippen molar-refractivity contribution in [3.05, 3.63) is 28.6 Å². The predicted octanol–water partition coefficient (Wildman–Crippen LogP) is 3.91. The Morgan fingerprint density at radius 1 is 1.31 bits per heavy atom. The largest absolute Gasteiger partial charge is 0.451 e. The second kappa shape index (κ2) is 10.3. The lowest BCUT2D eigenvalue weighted by Gasteiger charge is -2.26. The summed E-state index contributed by atoms with van der Waals surface area (Å²) >= 11 is 0. The molecule has 1 amide bonds. The first-order chi connectivity index (χ1) is 13.7. The van der Waals surface area contributed by atoms with Crippen LogP contribution in [-0.4, -0.2) is 29.1 Å². The number of aromatic nitrogens is 1. The van der Waals surface area contributed by atoms with Gasteiger partial charge in [-0.05, 0) is 69.1 Å². The van der Waals surface area contributed by atoms with Crippen LogP contribution < -0.4 is 5.32 Å². The first kappa shape index (κ1) is 22.7. The van der Waals surface area contributed by atoms with Crippen molar-refractivity contribution in [1.29, 1.82) is 5.26 Å². The maximum Gasteiger partial charge on any atom is 0.349 e. The van der Waals surface area contributed by atoms with E-state index in [-0.39, 0.29) is 24.1 Å². The Hall–Kier alpha value is -2.55. The molecule has 1 N–H and O–H groups in total. The Morgan fingerprint density at radius 3 is 2.55 bits per heavy atom. The third-order valence-corrected chi connectivity index (χ3v) is 5.52. The van der Waals surface area contributed by atoms with Gasteiger partial charge in [0.05, 0.1) is 0 Å². The van der Waals surface area contributed by atoms with E-state index in [0.29, 0.717) is 11.8 Å². The Labute approximate surface area is 173 Å². The molecule has 6 heteroatoms. The lowest BCUT2D eigenvalue weighted by molar-refractivity contribution is -0.144. The SMILES string of the molecule is Cc1cc(/C=C(\C#N)C(=O)OCC(=O)NC2CCC(C)CC2)c(C)n1CC(C)C. The molecule has 2 rings (SSSR count). The zero-order valence-electron chi connectivity index (χ0n) is 18.2. The lowest BCUT2D eigenvalue weighted by Crippen LogP contribution is -2.39. The number of hydrogen-bond acceptors (Lipinski definition) is 4. The van der Waals surface area contributed by atoms with E-state index in [1.807, 2.05) is 26.0 Å². The number of aryl methyl sites for hydroxylation is 1. The summed E-state index contributed by atoms with van der Waals surface area (Å²) in [6, 6.07) is 4.01. The number of nitrogens with one attached hydrogen (secondary N) is 1. The van der Waals surface area contributed by atoms with Crippen molar-refractivity contribution in [2.75, 3.05) is 6.61 Å². The first-order valence-electron chi connectivity index (χ1n) is 10.5. The summed E-state index contributed by atoms with van der Waals surface area (Å²) in [6.45, 7) is 11.0. The fourth-order valence-corrected chi connectivity index (χ4v) is 3.79. The molecule has 1 aromatic rings. The summed E-state index contributed by atoms with van der Waals surface area (Å²) in [5.41, 5.74) is 2.79. The zero-order chi connectivity index (χ0) is 21.6. The van der Waals surface area contributed by atoms with E-state index in [2.05, 4.69) is 30.7 Å². The minimum Gasteiger partial charge on any atom is -0.451 e. The van der Waals surface area contributed by atoms with Crippen molar-refractivity contribution in [3.63, 3.8) is 0 Å². The van der Waals surface area contributed by atoms with Gasteiger partial charge in [0, 0.05) is 24.0 Å². The number of hydrogen-bond donors (Lipinski definition) is 1. The van der Waals surface area contributed by atoms with Crippen LogP contribution in [0, 0.1) is 37.0 Å². The lowest BCUT2D eigenvalue weighted by atomic mass is 9.87. The number of carbonyl (C=O) groups excluding carboxylic acids is 2. The maximum atomic E-state index is 12.3. The standard InChI is InChI=1S/C23H33N3O3/c1-15(2)13-26-17(4)10-19(18(26)5)11-20(12-24)23(28)29-14-22(27)25-21-8-6-16(3)7-9-21/h10-11,15-16,21H,6-9,13-14H2,1-5H3,(H,25,27)/b20-11+. The highest BCUT2D eigenvalue weighted by Crippen LogP contribution is 2.23. The van der Waals surface area contributed by atoms with Crippen LogP contribution in [0.1, 0.15) is 63.4 Å². The van der Waals surface area contributed by atoms with Gasteiger partial charge in [0.2, 0.25) is 0 Å². The number of amides is 1. The van der Waals surface area contributed by atoms with Gasteiger partial charge in [-0.1, -0.05) is 20.8 Å². The van der Waals surface area contributed by atoms with Crippen molar-refractivity contribution in [3.8, 4) is 6.07 Å². The summed E-state index contributed by atoms with van der Waals surface area (Å²) in [4.78, 5) is 24.4. The molecule has 0 saturated heterocycles. The molecule has 6 nitrogen and oxygen atoms in total. The predicted molar refractivity (Wildman–Crippen MR) is 113 cm³/mol. The van der Waals surface area contributed by atoms with Gasteiger partial charge < -0.3 is 14.6 Å². The molecular formula is C23H33N3O3. The average molecular weight is 400 g/mol. The van der Waals surface area contributed by atoms with E-state index in [9.17, 15) is 14.9 Å². The quantitative estimate of drug-likeness (QED) is 0.428. The molecule has 0 radical (unpaired) electrons. The molecule has 29 heavy (non-hydrogen) atoms. The molecule has 1 aliphatic rings. The molecule has 158 valence electrons. The highest BCUT2D eigenvalue weighted by Gasteiger charge is 2.21. The Kier molecular flexibility index (Phi) is 8.07. The van der Waals surface area contributed by atoms with Crippen molar-refractivity contribution in [2.24, 2.45) is 11.8 Å². The van der Waals surface area contributed by atoms with Crippen LogP contribution in [0.5, 0.6) is 0 Å². The smallest absolute Gasteiger partial charge is 0.349 e. The highest BCUT2D eigenvalue weighted by atomic mass is 16.5. The number of rotatable bonds is 7. The van der Waals surface area contributed by atoms with E-state index < -0.39 is 5.97 Å². The van der Waals surface area contributed by atoms with Gasteiger partial charge in [-0.3, -0.25) is 4.79 Å². The van der Waals surface area contributed by atoms with E-state index >= 15 is 0 Å². The topological polar surface area (TPSA) is 84.1 Å². The van der Waals surface area contributed by atoms with Gasteiger partial charge in [-0.15, -0.1) is 0 Å². The zero-order valence-corrected chi connectivity index (χ0v) is 18.2. The third-order valence-electron chi connectivity index (χ3n) is 5.52. The van der Waals surface area contributed by atoms with Gasteiger partial charge in [0.25, 0.3) is 5.91 Å².